The maximum atomic E-state index is 11.0. The van der Waals surface area contributed by atoms with Crippen molar-refractivity contribution in [2.45, 2.75) is 38.9 Å². The van der Waals surface area contributed by atoms with E-state index in [9.17, 15) is 4.79 Å². The summed E-state index contributed by atoms with van der Waals surface area (Å²) < 4.78 is 12.0. The Kier molecular flexibility index (Phi) is 3.27. The molecule has 0 radical (unpaired) electrons. The van der Waals surface area contributed by atoms with Crippen LogP contribution in [0, 0.1) is 0 Å². The first-order valence-corrected chi connectivity index (χ1v) is 7.18. The third-order valence-corrected chi connectivity index (χ3v) is 4.49. The van der Waals surface area contributed by atoms with Gasteiger partial charge in [0.2, 0.25) is 0 Å². The SMILES string of the molecule is CC1(C)OB(c2ccc3cc(C(=O)O)ncc3c2)OC1(C)C. The smallest absolute Gasteiger partial charge is 0.477 e. The molecule has 3 rings (SSSR count). The number of aromatic nitrogens is 1. The van der Waals surface area contributed by atoms with Crippen LogP contribution in [0.1, 0.15) is 38.2 Å². The Morgan fingerprint density at radius 1 is 1.09 bits per heavy atom. The van der Waals surface area contributed by atoms with Crippen molar-refractivity contribution in [3.63, 3.8) is 0 Å². The fourth-order valence-corrected chi connectivity index (χ4v) is 2.40. The quantitative estimate of drug-likeness (QED) is 0.861. The lowest BCUT2D eigenvalue weighted by molar-refractivity contribution is 0.00578. The number of rotatable bonds is 2. The van der Waals surface area contributed by atoms with E-state index < -0.39 is 24.3 Å². The number of pyridine rings is 1. The molecule has 0 amide bonds. The third-order valence-electron chi connectivity index (χ3n) is 4.49. The first kappa shape index (κ1) is 15.0. The average molecular weight is 299 g/mol. The molecule has 1 N–H and O–H groups in total. The maximum Gasteiger partial charge on any atom is 0.494 e. The lowest BCUT2D eigenvalue weighted by Crippen LogP contribution is -2.41. The lowest BCUT2D eigenvalue weighted by Gasteiger charge is -2.32. The average Bonchev–Trinajstić information content (AvgIpc) is 2.66. The van der Waals surface area contributed by atoms with E-state index >= 15 is 0 Å². The van der Waals surface area contributed by atoms with Crippen LogP contribution < -0.4 is 5.46 Å². The standard InChI is InChI=1S/C16H18BNO4/c1-15(2)16(3,4)22-17(21-15)12-6-5-10-8-13(14(19)20)18-9-11(10)7-12/h5-9H,1-4H3,(H,19,20). The number of hydrogen-bond donors (Lipinski definition) is 1. The van der Waals surface area contributed by atoms with Gasteiger partial charge in [0.1, 0.15) is 5.69 Å². The maximum absolute atomic E-state index is 11.0. The Morgan fingerprint density at radius 3 is 2.32 bits per heavy atom. The highest BCUT2D eigenvalue weighted by molar-refractivity contribution is 6.62. The van der Waals surface area contributed by atoms with E-state index in [0.29, 0.717) is 0 Å². The first-order valence-electron chi connectivity index (χ1n) is 7.18. The van der Waals surface area contributed by atoms with E-state index in [1.807, 2.05) is 45.9 Å². The summed E-state index contributed by atoms with van der Waals surface area (Å²) in [6, 6.07) is 7.25. The summed E-state index contributed by atoms with van der Waals surface area (Å²) in [4.78, 5) is 14.9. The van der Waals surface area contributed by atoms with Crippen LogP contribution in [0.2, 0.25) is 0 Å². The highest BCUT2D eigenvalue weighted by Crippen LogP contribution is 2.36. The molecule has 22 heavy (non-hydrogen) atoms. The van der Waals surface area contributed by atoms with Crippen molar-refractivity contribution in [1.29, 1.82) is 0 Å². The predicted octanol–water partition coefficient (Wildman–Crippen LogP) is 2.23. The number of carbonyl (C=O) groups is 1. The lowest BCUT2D eigenvalue weighted by atomic mass is 9.78. The molecule has 0 aliphatic carbocycles. The fraction of sp³-hybridized carbons (Fsp3) is 0.375. The number of carboxylic acid groups (broad SMARTS) is 1. The summed E-state index contributed by atoms with van der Waals surface area (Å²) in [5.41, 5.74) is 0.155. The van der Waals surface area contributed by atoms with Crippen LogP contribution in [0.25, 0.3) is 10.8 Å². The molecular weight excluding hydrogens is 281 g/mol. The normalized spacial score (nSPS) is 19.5. The van der Waals surface area contributed by atoms with Gasteiger partial charge in [-0.25, -0.2) is 9.78 Å². The van der Waals surface area contributed by atoms with E-state index in [1.165, 1.54) is 0 Å². The zero-order valence-electron chi connectivity index (χ0n) is 13.1. The molecule has 1 fully saturated rings. The van der Waals surface area contributed by atoms with Gasteiger partial charge in [-0.05, 0) is 50.0 Å². The van der Waals surface area contributed by atoms with Crippen LogP contribution in [0.15, 0.2) is 30.5 Å². The molecule has 0 spiro atoms. The highest BCUT2D eigenvalue weighted by Gasteiger charge is 2.51. The van der Waals surface area contributed by atoms with Crippen LogP contribution in [0.4, 0.5) is 0 Å². The largest absolute Gasteiger partial charge is 0.494 e. The summed E-state index contributed by atoms with van der Waals surface area (Å²) in [6.45, 7) is 8.03. The van der Waals surface area contributed by atoms with Gasteiger partial charge in [0.05, 0.1) is 11.2 Å². The summed E-state index contributed by atoms with van der Waals surface area (Å²) in [7, 11) is -0.437. The number of hydrogen-bond acceptors (Lipinski definition) is 4. The van der Waals surface area contributed by atoms with Crippen molar-refractivity contribution < 1.29 is 19.2 Å². The molecule has 6 heteroatoms. The molecule has 114 valence electrons. The fourth-order valence-electron chi connectivity index (χ4n) is 2.40. The van der Waals surface area contributed by atoms with Crippen molar-refractivity contribution in [3.8, 4) is 0 Å². The zero-order chi connectivity index (χ0) is 16.1. The van der Waals surface area contributed by atoms with Gasteiger partial charge in [0.15, 0.2) is 0 Å². The Labute approximate surface area is 129 Å². The number of aromatic carboxylic acids is 1. The summed E-state index contributed by atoms with van der Waals surface area (Å²) >= 11 is 0. The van der Waals surface area contributed by atoms with E-state index in [-0.39, 0.29) is 5.69 Å². The minimum Gasteiger partial charge on any atom is -0.477 e. The molecule has 5 nitrogen and oxygen atoms in total. The van der Waals surface area contributed by atoms with Crippen molar-refractivity contribution >= 4 is 29.3 Å². The van der Waals surface area contributed by atoms with Gasteiger partial charge in [-0.2, -0.15) is 0 Å². The van der Waals surface area contributed by atoms with Gasteiger partial charge in [0, 0.05) is 6.20 Å². The number of carboxylic acids is 1. The molecule has 1 aliphatic rings. The molecule has 0 atom stereocenters. The van der Waals surface area contributed by atoms with Crippen LogP contribution in [-0.2, 0) is 9.31 Å². The van der Waals surface area contributed by atoms with Crippen LogP contribution >= 0.6 is 0 Å². The summed E-state index contributed by atoms with van der Waals surface area (Å²) in [6.07, 6.45) is 1.56. The Hall–Kier alpha value is -1.92. The first-order chi connectivity index (χ1) is 10.2. The Bertz CT molecular complexity index is 741. The molecule has 1 aromatic carbocycles. The molecular formula is C16H18BNO4. The van der Waals surface area contributed by atoms with E-state index in [2.05, 4.69) is 4.98 Å². The Balaban J connectivity index is 1.97. The van der Waals surface area contributed by atoms with Crippen LogP contribution in [-0.4, -0.2) is 34.4 Å². The molecule has 2 heterocycles. The molecule has 2 aromatic rings. The van der Waals surface area contributed by atoms with E-state index in [0.717, 1.165) is 16.2 Å². The van der Waals surface area contributed by atoms with Gasteiger partial charge in [0.25, 0.3) is 0 Å². The minimum atomic E-state index is -1.03. The monoisotopic (exact) mass is 299 g/mol. The second-order valence-corrected chi connectivity index (χ2v) is 6.57. The second-order valence-electron chi connectivity index (χ2n) is 6.57. The van der Waals surface area contributed by atoms with Crippen molar-refractivity contribution in [3.05, 3.63) is 36.2 Å². The molecule has 1 aliphatic heterocycles. The van der Waals surface area contributed by atoms with Gasteiger partial charge in [-0.3, -0.25) is 0 Å². The van der Waals surface area contributed by atoms with Crippen molar-refractivity contribution in [2.75, 3.05) is 0 Å². The topological polar surface area (TPSA) is 68.7 Å². The van der Waals surface area contributed by atoms with Crippen LogP contribution in [0.3, 0.4) is 0 Å². The molecule has 0 saturated carbocycles. The van der Waals surface area contributed by atoms with Gasteiger partial charge in [-0.1, -0.05) is 18.2 Å². The molecule has 1 aromatic heterocycles. The number of benzene rings is 1. The van der Waals surface area contributed by atoms with E-state index in [4.69, 9.17) is 14.4 Å². The molecule has 1 saturated heterocycles. The predicted molar refractivity (Wildman–Crippen MR) is 84.4 cm³/mol. The number of fused-ring (bicyclic) bond motifs is 1. The van der Waals surface area contributed by atoms with Gasteiger partial charge < -0.3 is 14.4 Å². The van der Waals surface area contributed by atoms with E-state index in [1.54, 1.807) is 12.3 Å². The summed E-state index contributed by atoms with van der Waals surface area (Å²) in [5, 5.41) is 10.7. The summed E-state index contributed by atoms with van der Waals surface area (Å²) in [5.74, 6) is -1.03. The number of nitrogens with zero attached hydrogens (tertiary/aromatic N) is 1. The van der Waals surface area contributed by atoms with Crippen molar-refractivity contribution in [2.24, 2.45) is 0 Å². The van der Waals surface area contributed by atoms with Crippen LogP contribution in [0.5, 0.6) is 0 Å². The third kappa shape index (κ3) is 2.38. The molecule has 0 unspecified atom stereocenters. The zero-order valence-corrected chi connectivity index (χ0v) is 13.1. The second kappa shape index (κ2) is 4.79. The van der Waals surface area contributed by atoms with Gasteiger partial charge >= 0.3 is 13.1 Å². The van der Waals surface area contributed by atoms with Gasteiger partial charge in [-0.15, -0.1) is 0 Å². The molecule has 0 bridgehead atoms. The highest BCUT2D eigenvalue weighted by atomic mass is 16.7. The Morgan fingerprint density at radius 2 is 1.73 bits per heavy atom. The minimum absolute atomic E-state index is 0.0379. The van der Waals surface area contributed by atoms with Crippen molar-refractivity contribution in [1.82, 2.24) is 4.98 Å².